The van der Waals surface area contributed by atoms with Crippen LogP contribution in [-0.2, 0) is 37.5 Å². The largest absolute Gasteiger partial charge is 0.480 e. The molecule has 3 atom stereocenters. The number of unbranched alkanes of at least 4 members (excludes halogenated alkanes) is 19. The van der Waals surface area contributed by atoms with Crippen molar-refractivity contribution >= 4 is 25.7 Å². The van der Waals surface area contributed by atoms with E-state index >= 15 is 0 Å². The molecule has 0 bridgehead atoms. The van der Waals surface area contributed by atoms with Gasteiger partial charge in [-0.3, -0.25) is 23.4 Å². The van der Waals surface area contributed by atoms with Crippen LogP contribution < -0.4 is 5.73 Å². The normalized spacial score (nSPS) is 14.1. The van der Waals surface area contributed by atoms with Crippen molar-refractivity contribution in [1.29, 1.82) is 0 Å². The summed E-state index contributed by atoms with van der Waals surface area (Å²) in [5, 5.41) is 8.88. The molecule has 12 heteroatoms. The second-order valence-electron chi connectivity index (χ2n) is 14.1. The zero-order valence-electron chi connectivity index (χ0n) is 33.8. The average molecular weight is 786 g/mol. The predicted molar refractivity (Wildman–Crippen MR) is 217 cm³/mol. The zero-order valence-corrected chi connectivity index (χ0v) is 34.7. The molecule has 4 N–H and O–H groups in total. The van der Waals surface area contributed by atoms with E-state index < -0.39 is 51.1 Å². The molecule has 0 aliphatic carbocycles. The topological polar surface area (TPSA) is 172 Å². The lowest BCUT2D eigenvalue weighted by Gasteiger charge is -2.20. The first-order valence-electron chi connectivity index (χ1n) is 21.0. The van der Waals surface area contributed by atoms with Crippen molar-refractivity contribution in [1.82, 2.24) is 0 Å². The molecule has 0 saturated carbocycles. The van der Waals surface area contributed by atoms with E-state index in [1.165, 1.54) is 57.8 Å². The molecule has 0 amide bonds. The number of carboxylic acids is 1. The smallest absolute Gasteiger partial charge is 0.472 e. The monoisotopic (exact) mass is 786 g/mol. The summed E-state index contributed by atoms with van der Waals surface area (Å²) in [7, 11) is -4.72. The molecule has 0 radical (unpaired) electrons. The Balaban J connectivity index is 4.43. The summed E-state index contributed by atoms with van der Waals surface area (Å²) in [4.78, 5) is 45.9. The Labute approximate surface area is 327 Å². The van der Waals surface area contributed by atoms with Gasteiger partial charge in [0.05, 0.1) is 13.2 Å². The average Bonchev–Trinajstić information content (AvgIpc) is 3.14. The summed E-state index contributed by atoms with van der Waals surface area (Å²) in [6.07, 6.45) is 39.2. The van der Waals surface area contributed by atoms with E-state index in [4.69, 9.17) is 24.8 Å². The standard InChI is InChI=1S/C42H76NO10P/c1-3-5-7-9-11-13-15-17-19-21-23-25-27-29-31-33-40(44)50-35-38(36-51-54(48,49)52-37-39(43)42(46)47)53-41(45)34-32-30-28-26-24-22-20-18-16-14-12-10-8-6-4-2/h12,14,17-20,38-39H,3-11,13,15-16,21-37,43H2,1-2H3,(H,46,47)(H,48,49)/t38-,39+/m1/s1. The molecule has 1 unspecified atom stereocenters. The van der Waals surface area contributed by atoms with Crippen molar-refractivity contribution < 1.29 is 47.5 Å². The number of rotatable bonds is 39. The number of carbonyl (C=O) groups excluding carboxylic acids is 2. The fourth-order valence-corrected chi connectivity index (χ4v) is 6.28. The third-order valence-electron chi connectivity index (χ3n) is 8.86. The van der Waals surface area contributed by atoms with Gasteiger partial charge in [0, 0.05) is 12.8 Å². The summed E-state index contributed by atoms with van der Waals surface area (Å²) in [6.45, 7) is 2.74. The third kappa shape index (κ3) is 36.7. The number of hydrogen-bond donors (Lipinski definition) is 3. The lowest BCUT2D eigenvalue weighted by molar-refractivity contribution is -0.161. The van der Waals surface area contributed by atoms with Crippen molar-refractivity contribution in [3.8, 4) is 0 Å². The van der Waals surface area contributed by atoms with Crippen molar-refractivity contribution in [2.45, 2.75) is 193 Å². The van der Waals surface area contributed by atoms with Gasteiger partial charge in [-0.15, -0.1) is 0 Å². The number of carbonyl (C=O) groups is 3. The maximum absolute atomic E-state index is 12.6. The van der Waals surface area contributed by atoms with Crippen LogP contribution in [0.4, 0.5) is 0 Å². The van der Waals surface area contributed by atoms with Gasteiger partial charge in [-0.25, -0.2) is 4.57 Å². The number of ether oxygens (including phenoxy) is 2. The number of carboxylic acid groups (broad SMARTS) is 1. The summed E-state index contributed by atoms with van der Waals surface area (Å²) >= 11 is 0. The van der Waals surface area contributed by atoms with Crippen LogP contribution in [0.15, 0.2) is 36.5 Å². The number of phosphoric ester groups is 1. The number of esters is 2. The molecule has 0 rings (SSSR count). The second-order valence-corrected chi connectivity index (χ2v) is 15.6. The maximum atomic E-state index is 12.6. The van der Waals surface area contributed by atoms with Gasteiger partial charge >= 0.3 is 25.7 Å². The SMILES string of the molecule is CCCCCC=CCC=CCCCCCCCC(=O)O[C@H](COC(=O)CCCCCCCC=CCCCCCCCC)COP(=O)(O)OC[C@H](N)C(=O)O. The predicted octanol–water partition coefficient (Wildman–Crippen LogP) is 10.8. The van der Waals surface area contributed by atoms with Gasteiger partial charge in [-0.1, -0.05) is 134 Å². The number of hydrogen-bond acceptors (Lipinski definition) is 9. The summed E-state index contributed by atoms with van der Waals surface area (Å²) in [5.74, 6) is -2.41. The van der Waals surface area contributed by atoms with E-state index in [-0.39, 0.29) is 19.4 Å². The molecule has 0 fully saturated rings. The molecule has 0 aliphatic rings. The van der Waals surface area contributed by atoms with E-state index in [1.807, 2.05) is 0 Å². The molecular formula is C42H76NO10P. The molecule has 0 aromatic rings. The van der Waals surface area contributed by atoms with E-state index in [2.05, 4.69) is 54.8 Å². The minimum Gasteiger partial charge on any atom is -0.480 e. The van der Waals surface area contributed by atoms with Gasteiger partial charge in [0.1, 0.15) is 12.6 Å². The Morgan fingerprint density at radius 1 is 0.574 bits per heavy atom. The van der Waals surface area contributed by atoms with Crippen LogP contribution in [0, 0.1) is 0 Å². The summed E-state index contributed by atoms with van der Waals surface area (Å²) in [5.41, 5.74) is 5.32. The Kier molecular flexibility index (Phi) is 36.0. The van der Waals surface area contributed by atoms with Crippen molar-refractivity contribution in [2.75, 3.05) is 19.8 Å². The Morgan fingerprint density at radius 2 is 0.981 bits per heavy atom. The van der Waals surface area contributed by atoms with Crippen molar-refractivity contribution in [3.05, 3.63) is 36.5 Å². The van der Waals surface area contributed by atoms with E-state index in [9.17, 15) is 23.8 Å². The van der Waals surface area contributed by atoms with Gasteiger partial charge in [0.2, 0.25) is 0 Å². The highest BCUT2D eigenvalue weighted by atomic mass is 31.2. The highest BCUT2D eigenvalue weighted by molar-refractivity contribution is 7.47. The van der Waals surface area contributed by atoms with Gasteiger partial charge in [-0.05, 0) is 70.6 Å². The fraction of sp³-hybridized carbons (Fsp3) is 0.786. The van der Waals surface area contributed by atoms with Crippen LogP contribution in [0.5, 0.6) is 0 Å². The molecule has 0 aromatic carbocycles. The first-order valence-corrected chi connectivity index (χ1v) is 22.5. The van der Waals surface area contributed by atoms with E-state index in [1.54, 1.807) is 0 Å². The first kappa shape index (κ1) is 51.7. The van der Waals surface area contributed by atoms with Crippen LogP contribution in [0.1, 0.15) is 181 Å². The van der Waals surface area contributed by atoms with Gasteiger partial charge in [-0.2, -0.15) is 0 Å². The number of nitrogens with two attached hydrogens (primary N) is 1. The maximum Gasteiger partial charge on any atom is 0.472 e. The quantitative estimate of drug-likeness (QED) is 0.0234. The second kappa shape index (κ2) is 37.6. The minimum atomic E-state index is -4.72. The molecule has 0 saturated heterocycles. The first-order chi connectivity index (χ1) is 26.1. The van der Waals surface area contributed by atoms with Gasteiger partial charge < -0.3 is 25.2 Å². The van der Waals surface area contributed by atoms with Gasteiger partial charge in [0.15, 0.2) is 6.10 Å². The van der Waals surface area contributed by atoms with Crippen molar-refractivity contribution in [2.24, 2.45) is 5.73 Å². The Hall–Kier alpha value is -2.30. The van der Waals surface area contributed by atoms with Crippen LogP contribution in [0.3, 0.4) is 0 Å². The molecule has 0 spiro atoms. The number of phosphoric acid groups is 1. The highest BCUT2D eigenvalue weighted by Crippen LogP contribution is 2.43. The molecule has 11 nitrogen and oxygen atoms in total. The molecule has 0 aliphatic heterocycles. The van der Waals surface area contributed by atoms with E-state index in [0.717, 1.165) is 83.5 Å². The Morgan fingerprint density at radius 3 is 1.50 bits per heavy atom. The third-order valence-corrected chi connectivity index (χ3v) is 9.81. The minimum absolute atomic E-state index is 0.143. The molecule has 314 valence electrons. The molecule has 54 heavy (non-hydrogen) atoms. The Bertz CT molecular complexity index is 1060. The summed E-state index contributed by atoms with van der Waals surface area (Å²) in [6, 6.07) is -1.52. The molecular weight excluding hydrogens is 709 g/mol. The number of allylic oxidation sites excluding steroid dienone is 6. The highest BCUT2D eigenvalue weighted by Gasteiger charge is 2.28. The van der Waals surface area contributed by atoms with Gasteiger partial charge in [0.25, 0.3) is 0 Å². The molecule has 0 heterocycles. The van der Waals surface area contributed by atoms with Crippen molar-refractivity contribution in [3.63, 3.8) is 0 Å². The lowest BCUT2D eigenvalue weighted by atomic mass is 10.1. The fourth-order valence-electron chi connectivity index (χ4n) is 5.50. The van der Waals surface area contributed by atoms with Crippen LogP contribution in [-0.4, -0.2) is 59.9 Å². The molecule has 0 aromatic heterocycles. The zero-order chi connectivity index (χ0) is 40.0. The summed E-state index contributed by atoms with van der Waals surface area (Å²) < 4.78 is 32.6. The lowest BCUT2D eigenvalue weighted by Crippen LogP contribution is -2.34. The van der Waals surface area contributed by atoms with Crippen LogP contribution in [0.25, 0.3) is 0 Å². The van der Waals surface area contributed by atoms with E-state index in [0.29, 0.717) is 12.8 Å². The van der Waals surface area contributed by atoms with Crippen LogP contribution >= 0.6 is 7.82 Å². The van der Waals surface area contributed by atoms with Crippen LogP contribution in [0.2, 0.25) is 0 Å². The number of aliphatic carboxylic acids is 1.